The van der Waals surface area contributed by atoms with E-state index in [1.807, 2.05) is 6.07 Å². The first-order chi connectivity index (χ1) is 14.3. The standard InChI is InChI=1S/C27H31F3/c1-5-16(2)17(3)25-15-27(9-10-27)18(4)24(25)13-19-7-6-8-23(26(19)30)20-11-21(28)14-22(29)12-20/h6-8,11-12,14,16,18,24-25H,3,5,9-10,13,15H2,1-2,4H3/t16-,18+,24-,25?/m0/s1. The molecule has 2 fully saturated rings. The second kappa shape index (κ2) is 7.90. The molecule has 0 bridgehead atoms. The Kier molecular flexibility index (Phi) is 5.59. The third kappa shape index (κ3) is 3.72. The first-order valence-corrected chi connectivity index (χ1v) is 11.2. The van der Waals surface area contributed by atoms with Crippen LogP contribution in [0.3, 0.4) is 0 Å². The molecule has 160 valence electrons. The first kappa shape index (κ1) is 21.2. The molecule has 2 aromatic rings. The van der Waals surface area contributed by atoms with Gasteiger partial charge >= 0.3 is 0 Å². The topological polar surface area (TPSA) is 0 Å². The third-order valence-corrected chi connectivity index (χ3v) is 8.07. The molecule has 0 N–H and O–H groups in total. The SMILES string of the molecule is C=C(C1CC2(CC2)[C@H](C)[C@@H]1Cc1cccc(-c2cc(F)cc(F)c2)c1F)[C@@H](C)CC. The number of allylic oxidation sites excluding steroid dienone is 1. The lowest BCUT2D eigenvalue weighted by Crippen LogP contribution is -2.21. The minimum Gasteiger partial charge on any atom is -0.207 e. The Bertz CT molecular complexity index is 936. The summed E-state index contributed by atoms with van der Waals surface area (Å²) in [5.74, 6) is -0.00267. The van der Waals surface area contributed by atoms with Gasteiger partial charge in [0.05, 0.1) is 0 Å². The van der Waals surface area contributed by atoms with Gasteiger partial charge in [0.25, 0.3) is 0 Å². The van der Waals surface area contributed by atoms with Gasteiger partial charge in [0.15, 0.2) is 0 Å². The molecule has 0 aliphatic heterocycles. The smallest absolute Gasteiger partial charge is 0.134 e. The first-order valence-electron chi connectivity index (χ1n) is 11.2. The fourth-order valence-corrected chi connectivity index (χ4v) is 5.67. The van der Waals surface area contributed by atoms with Gasteiger partial charge in [0.2, 0.25) is 0 Å². The summed E-state index contributed by atoms with van der Waals surface area (Å²) in [6.45, 7) is 11.2. The van der Waals surface area contributed by atoms with Gasteiger partial charge in [-0.2, -0.15) is 0 Å². The molecule has 2 saturated carbocycles. The molecule has 30 heavy (non-hydrogen) atoms. The number of halogens is 3. The zero-order valence-corrected chi connectivity index (χ0v) is 18.2. The molecule has 2 aromatic carbocycles. The minimum absolute atomic E-state index is 0.241. The summed E-state index contributed by atoms with van der Waals surface area (Å²) in [7, 11) is 0. The highest BCUT2D eigenvalue weighted by Crippen LogP contribution is 2.66. The van der Waals surface area contributed by atoms with Crippen LogP contribution < -0.4 is 0 Å². The van der Waals surface area contributed by atoms with Gasteiger partial charge in [-0.15, -0.1) is 0 Å². The van der Waals surface area contributed by atoms with Crippen molar-refractivity contribution in [2.75, 3.05) is 0 Å². The Morgan fingerprint density at radius 2 is 1.80 bits per heavy atom. The van der Waals surface area contributed by atoms with Crippen LogP contribution in [0.1, 0.15) is 52.0 Å². The van der Waals surface area contributed by atoms with Gasteiger partial charge in [-0.05, 0) is 84.5 Å². The fourth-order valence-electron chi connectivity index (χ4n) is 5.67. The maximum Gasteiger partial charge on any atom is 0.134 e. The van der Waals surface area contributed by atoms with Gasteiger partial charge in [-0.25, -0.2) is 13.2 Å². The van der Waals surface area contributed by atoms with Gasteiger partial charge < -0.3 is 0 Å². The molecule has 2 aliphatic rings. The Morgan fingerprint density at radius 1 is 1.13 bits per heavy atom. The van der Waals surface area contributed by atoms with Crippen LogP contribution >= 0.6 is 0 Å². The average Bonchev–Trinajstić information content (AvgIpc) is 3.44. The summed E-state index contributed by atoms with van der Waals surface area (Å²) in [5, 5.41) is 0. The van der Waals surface area contributed by atoms with Crippen LogP contribution in [0.5, 0.6) is 0 Å². The molecule has 1 spiro atoms. The fraction of sp³-hybridized carbons (Fsp3) is 0.481. The molecular weight excluding hydrogens is 381 g/mol. The van der Waals surface area contributed by atoms with Crippen molar-refractivity contribution in [3.63, 3.8) is 0 Å². The number of hydrogen-bond acceptors (Lipinski definition) is 0. The highest BCUT2D eigenvalue weighted by Gasteiger charge is 2.58. The maximum atomic E-state index is 15.5. The van der Waals surface area contributed by atoms with E-state index in [4.69, 9.17) is 0 Å². The summed E-state index contributed by atoms with van der Waals surface area (Å²) >= 11 is 0. The van der Waals surface area contributed by atoms with Crippen LogP contribution in [-0.4, -0.2) is 0 Å². The van der Waals surface area contributed by atoms with Crippen molar-refractivity contribution in [2.45, 2.75) is 52.9 Å². The summed E-state index contributed by atoms with van der Waals surface area (Å²) in [4.78, 5) is 0. The lowest BCUT2D eigenvalue weighted by Gasteiger charge is -2.28. The van der Waals surface area contributed by atoms with Crippen LogP contribution in [0.2, 0.25) is 0 Å². The van der Waals surface area contributed by atoms with E-state index in [2.05, 4.69) is 27.4 Å². The third-order valence-electron chi connectivity index (χ3n) is 8.07. The molecule has 0 saturated heterocycles. The van der Waals surface area contributed by atoms with Crippen molar-refractivity contribution < 1.29 is 13.2 Å². The Balaban J connectivity index is 1.66. The van der Waals surface area contributed by atoms with E-state index in [-0.39, 0.29) is 16.9 Å². The van der Waals surface area contributed by atoms with Gasteiger partial charge in [0, 0.05) is 11.6 Å². The summed E-state index contributed by atoms with van der Waals surface area (Å²) < 4.78 is 42.9. The van der Waals surface area contributed by atoms with Gasteiger partial charge in [0.1, 0.15) is 17.5 Å². The van der Waals surface area contributed by atoms with E-state index in [1.165, 1.54) is 37.0 Å². The molecule has 0 nitrogen and oxygen atoms in total. The van der Waals surface area contributed by atoms with Gasteiger partial charge in [-0.1, -0.05) is 51.1 Å². The van der Waals surface area contributed by atoms with E-state index >= 15 is 4.39 Å². The van der Waals surface area contributed by atoms with Crippen molar-refractivity contribution in [3.8, 4) is 11.1 Å². The molecule has 0 aromatic heterocycles. The van der Waals surface area contributed by atoms with Crippen LogP contribution in [-0.2, 0) is 6.42 Å². The molecule has 1 unspecified atom stereocenters. The van der Waals surface area contributed by atoms with Crippen LogP contribution in [0.4, 0.5) is 13.2 Å². The van der Waals surface area contributed by atoms with Crippen LogP contribution in [0.15, 0.2) is 48.6 Å². The second-order valence-corrected chi connectivity index (χ2v) is 9.65. The number of hydrogen-bond donors (Lipinski definition) is 0. The van der Waals surface area contributed by atoms with Gasteiger partial charge in [-0.3, -0.25) is 0 Å². The predicted octanol–water partition coefficient (Wildman–Crippen LogP) is 7.97. The average molecular weight is 413 g/mol. The zero-order valence-electron chi connectivity index (χ0n) is 18.2. The van der Waals surface area contributed by atoms with E-state index in [9.17, 15) is 8.78 Å². The monoisotopic (exact) mass is 412 g/mol. The van der Waals surface area contributed by atoms with Crippen molar-refractivity contribution >= 4 is 0 Å². The minimum atomic E-state index is -0.695. The second-order valence-electron chi connectivity index (χ2n) is 9.65. The summed E-state index contributed by atoms with van der Waals surface area (Å²) in [6.07, 6.45) is 5.40. The summed E-state index contributed by atoms with van der Waals surface area (Å²) in [6, 6.07) is 8.41. The van der Waals surface area contributed by atoms with Crippen LogP contribution in [0, 0.1) is 46.5 Å². The summed E-state index contributed by atoms with van der Waals surface area (Å²) in [5.41, 5.74) is 2.85. The van der Waals surface area contributed by atoms with Crippen molar-refractivity contribution in [1.29, 1.82) is 0 Å². The van der Waals surface area contributed by atoms with Crippen molar-refractivity contribution in [2.24, 2.45) is 29.1 Å². The van der Waals surface area contributed by atoms with E-state index in [0.717, 1.165) is 12.5 Å². The maximum absolute atomic E-state index is 15.5. The predicted molar refractivity (Wildman–Crippen MR) is 116 cm³/mol. The molecule has 4 rings (SSSR count). The highest BCUT2D eigenvalue weighted by atomic mass is 19.1. The van der Waals surface area contributed by atoms with E-state index in [1.54, 1.807) is 12.1 Å². The molecule has 0 heterocycles. The quantitative estimate of drug-likeness (QED) is 0.422. The molecule has 4 atom stereocenters. The normalized spacial score (nSPS) is 25.5. The Hall–Kier alpha value is -2.03. The molecule has 0 amide bonds. The van der Waals surface area contributed by atoms with Crippen molar-refractivity contribution in [3.05, 3.63) is 71.6 Å². The lowest BCUT2D eigenvalue weighted by molar-refractivity contribution is 0.298. The van der Waals surface area contributed by atoms with Crippen molar-refractivity contribution in [1.82, 2.24) is 0 Å². The van der Waals surface area contributed by atoms with Crippen LogP contribution in [0.25, 0.3) is 11.1 Å². The lowest BCUT2D eigenvalue weighted by atomic mass is 9.77. The number of benzene rings is 2. The molecule has 2 aliphatic carbocycles. The number of rotatable bonds is 6. The molecule has 0 radical (unpaired) electrons. The zero-order chi connectivity index (χ0) is 21.6. The largest absolute Gasteiger partial charge is 0.207 e. The molecular formula is C27H31F3. The van der Waals surface area contributed by atoms with E-state index < -0.39 is 11.6 Å². The Morgan fingerprint density at radius 3 is 2.40 bits per heavy atom. The Labute approximate surface area is 178 Å². The highest BCUT2D eigenvalue weighted by molar-refractivity contribution is 5.65. The van der Waals surface area contributed by atoms with E-state index in [0.29, 0.717) is 41.1 Å². The molecule has 3 heteroatoms.